The van der Waals surface area contributed by atoms with Crippen LogP contribution in [0.25, 0.3) is 0 Å². The summed E-state index contributed by atoms with van der Waals surface area (Å²) in [6.45, 7) is 1.82. The van der Waals surface area contributed by atoms with Crippen molar-refractivity contribution >= 4 is 21.9 Å². The summed E-state index contributed by atoms with van der Waals surface area (Å²) >= 11 is 3.31. The Hall–Kier alpha value is -0.910. The number of hydrogen-bond donors (Lipinski definition) is 2. The predicted molar refractivity (Wildman–Crippen MR) is 64.5 cm³/mol. The van der Waals surface area contributed by atoms with Gasteiger partial charge in [-0.1, -0.05) is 22.0 Å². The largest absolute Gasteiger partial charge is 0.481 e. The molecule has 0 spiro atoms. The maximum absolute atomic E-state index is 10.8. The van der Waals surface area contributed by atoms with Gasteiger partial charge in [0.2, 0.25) is 5.79 Å². The van der Waals surface area contributed by atoms with Crippen LogP contribution in [-0.4, -0.2) is 22.3 Å². The van der Waals surface area contributed by atoms with E-state index in [1.807, 2.05) is 19.1 Å². The van der Waals surface area contributed by atoms with Gasteiger partial charge in [-0.25, -0.2) is 0 Å². The first-order valence-electron chi connectivity index (χ1n) is 5.31. The highest BCUT2D eigenvalue weighted by Gasteiger charge is 2.40. The van der Waals surface area contributed by atoms with Crippen LogP contribution < -0.4 is 0 Å². The highest BCUT2D eigenvalue weighted by atomic mass is 79.9. The lowest BCUT2D eigenvalue weighted by Gasteiger charge is -2.37. The molecule has 2 atom stereocenters. The van der Waals surface area contributed by atoms with E-state index in [9.17, 15) is 9.90 Å². The quantitative estimate of drug-likeness (QED) is 0.877. The van der Waals surface area contributed by atoms with Crippen molar-refractivity contribution in [2.75, 3.05) is 0 Å². The molecule has 1 aliphatic heterocycles. The minimum Gasteiger partial charge on any atom is -0.481 e. The Labute approximate surface area is 107 Å². The monoisotopic (exact) mass is 300 g/mol. The van der Waals surface area contributed by atoms with Gasteiger partial charge in [-0.15, -0.1) is 0 Å². The molecule has 17 heavy (non-hydrogen) atoms. The van der Waals surface area contributed by atoms with E-state index in [0.717, 1.165) is 10.0 Å². The van der Waals surface area contributed by atoms with Crippen molar-refractivity contribution in [2.45, 2.75) is 31.7 Å². The van der Waals surface area contributed by atoms with E-state index in [4.69, 9.17) is 9.84 Å². The highest BCUT2D eigenvalue weighted by Crippen LogP contribution is 2.37. The Morgan fingerprint density at radius 2 is 2.35 bits per heavy atom. The zero-order chi connectivity index (χ0) is 12.6. The van der Waals surface area contributed by atoms with E-state index >= 15 is 0 Å². The van der Waals surface area contributed by atoms with Crippen molar-refractivity contribution in [2.24, 2.45) is 0 Å². The van der Waals surface area contributed by atoms with Crippen LogP contribution >= 0.6 is 15.9 Å². The number of carbonyl (C=O) groups is 1. The summed E-state index contributed by atoms with van der Waals surface area (Å²) in [5.74, 6) is -2.82. The van der Waals surface area contributed by atoms with Gasteiger partial charge in [0.1, 0.15) is 6.42 Å². The Kier molecular flexibility index (Phi) is 3.25. The second-order valence-electron chi connectivity index (χ2n) is 4.29. The maximum Gasteiger partial charge on any atom is 0.309 e. The molecule has 92 valence electrons. The Balaban J connectivity index is 2.48. The molecule has 0 saturated heterocycles. The van der Waals surface area contributed by atoms with Crippen LogP contribution in [0.15, 0.2) is 22.7 Å². The lowest BCUT2D eigenvalue weighted by atomic mass is 9.90. The Morgan fingerprint density at radius 1 is 1.65 bits per heavy atom. The van der Waals surface area contributed by atoms with Gasteiger partial charge in [0.05, 0.1) is 6.10 Å². The normalized spacial score (nSPS) is 27.6. The van der Waals surface area contributed by atoms with Crippen LogP contribution in [-0.2, 0) is 21.7 Å². The summed E-state index contributed by atoms with van der Waals surface area (Å²) in [5, 5.41) is 19.2. The summed E-state index contributed by atoms with van der Waals surface area (Å²) in [6, 6.07) is 5.47. The number of aliphatic hydroxyl groups is 1. The minimum absolute atomic E-state index is 0.201. The molecule has 1 aromatic rings. The third kappa shape index (κ3) is 2.51. The first-order chi connectivity index (χ1) is 7.90. The zero-order valence-corrected chi connectivity index (χ0v) is 10.9. The second kappa shape index (κ2) is 4.40. The Bertz CT molecular complexity index is 460. The molecular weight excluding hydrogens is 288 g/mol. The van der Waals surface area contributed by atoms with Gasteiger partial charge in [-0.2, -0.15) is 0 Å². The third-order valence-corrected chi connectivity index (χ3v) is 3.28. The molecule has 0 bridgehead atoms. The second-order valence-corrected chi connectivity index (χ2v) is 5.20. The van der Waals surface area contributed by atoms with Gasteiger partial charge in [0.15, 0.2) is 0 Å². The van der Waals surface area contributed by atoms with Crippen LogP contribution in [0.2, 0.25) is 0 Å². The van der Waals surface area contributed by atoms with Crippen LogP contribution in [0.4, 0.5) is 0 Å². The molecule has 0 saturated carbocycles. The lowest BCUT2D eigenvalue weighted by Crippen LogP contribution is -2.41. The average molecular weight is 301 g/mol. The summed E-state index contributed by atoms with van der Waals surface area (Å²) in [6.07, 6.45) is 0.0127. The van der Waals surface area contributed by atoms with Gasteiger partial charge >= 0.3 is 5.97 Å². The molecule has 4 nitrogen and oxygen atoms in total. The van der Waals surface area contributed by atoms with Crippen LogP contribution in [0.1, 0.15) is 24.5 Å². The van der Waals surface area contributed by atoms with Crippen molar-refractivity contribution in [3.63, 3.8) is 0 Å². The molecule has 5 heteroatoms. The summed E-state index contributed by atoms with van der Waals surface area (Å²) in [7, 11) is 0. The lowest BCUT2D eigenvalue weighted by molar-refractivity contribution is -0.247. The SMILES string of the molecule is C[C@@H]1Cc2ccc(Br)cc2C(O)(CC(=O)O)O1. The number of carboxylic acids is 1. The van der Waals surface area contributed by atoms with Crippen molar-refractivity contribution in [1.82, 2.24) is 0 Å². The zero-order valence-electron chi connectivity index (χ0n) is 9.31. The fourth-order valence-electron chi connectivity index (χ4n) is 2.18. The first kappa shape index (κ1) is 12.5. The number of benzene rings is 1. The maximum atomic E-state index is 10.8. The van der Waals surface area contributed by atoms with Crippen molar-refractivity contribution in [3.8, 4) is 0 Å². The molecule has 2 rings (SSSR count). The number of carboxylic acid groups (broad SMARTS) is 1. The number of ether oxygens (including phenoxy) is 1. The molecule has 0 fully saturated rings. The number of halogens is 1. The molecule has 0 radical (unpaired) electrons. The van der Waals surface area contributed by atoms with Gasteiger partial charge in [-0.05, 0) is 31.0 Å². The number of hydrogen-bond acceptors (Lipinski definition) is 3. The molecule has 0 aliphatic carbocycles. The van der Waals surface area contributed by atoms with Crippen molar-refractivity contribution < 1.29 is 19.7 Å². The average Bonchev–Trinajstić information content (AvgIpc) is 2.17. The molecule has 0 aromatic heterocycles. The summed E-state index contributed by atoms with van der Waals surface area (Å²) < 4.78 is 6.21. The molecule has 1 aliphatic rings. The van der Waals surface area contributed by atoms with E-state index in [0.29, 0.717) is 12.0 Å². The van der Waals surface area contributed by atoms with E-state index in [1.165, 1.54) is 0 Å². The van der Waals surface area contributed by atoms with Gasteiger partial charge in [0, 0.05) is 10.0 Å². The Morgan fingerprint density at radius 3 is 3.00 bits per heavy atom. The molecule has 0 amide bonds. The number of aliphatic carboxylic acids is 1. The van der Waals surface area contributed by atoms with Crippen LogP contribution in [0.3, 0.4) is 0 Å². The van der Waals surface area contributed by atoms with E-state index < -0.39 is 18.2 Å². The topological polar surface area (TPSA) is 66.8 Å². The standard InChI is InChI=1S/C12H13BrO4/c1-7-4-8-2-3-9(13)5-10(8)12(16,17-7)6-11(14)15/h2-3,5,7,16H,4,6H2,1H3,(H,14,15)/t7-,12?/m1/s1. The van der Waals surface area contributed by atoms with Crippen molar-refractivity contribution in [3.05, 3.63) is 33.8 Å². The minimum atomic E-state index is -1.73. The van der Waals surface area contributed by atoms with E-state index in [1.54, 1.807) is 6.07 Å². The molecule has 2 N–H and O–H groups in total. The predicted octanol–water partition coefficient (Wildman–Crippen LogP) is 2.03. The van der Waals surface area contributed by atoms with E-state index in [-0.39, 0.29) is 6.10 Å². The van der Waals surface area contributed by atoms with Gasteiger partial charge in [-0.3, -0.25) is 4.79 Å². The van der Waals surface area contributed by atoms with Gasteiger partial charge in [0.25, 0.3) is 0 Å². The smallest absolute Gasteiger partial charge is 0.309 e. The fraction of sp³-hybridized carbons (Fsp3) is 0.417. The van der Waals surface area contributed by atoms with E-state index in [2.05, 4.69) is 15.9 Å². The third-order valence-electron chi connectivity index (χ3n) is 2.79. The first-order valence-corrected chi connectivity index (χ1v) is 6.11. The summed E-state index contributed by atoms with van der Waals surface area (Å²) in [4.78, 5) is 10.8. The fourth-order valence-corrected chi connectivity index (χ4v) is 2.54. The van der Waals surface area contributed by atoms with Crippen LogP contribution in [0.5, 0.6) is 0 Å². The molecule has 1 heterocycles. The highest BCUT2D eigenvalue weighted by molar-refractivity contribution is 9.10. The van der Waals surface area contributed by atoms with Crippen LogP contribution in [0, 0.1) is 0 Å². The molecular formula is C12H13BrO4. The summed E-state index contributed by atoms with van der Waals surface area (Å²) in [5.41, 5.74) is 1.46. The number of rotatable bonds is 2. The molecule has 1 aromatic carbocycles. The number of fused-ring (bicyclic) bond motifs is 1. The van der Waals surface area contributed by atoms with Crippen molar-refractivity contribution in [1.29, 1.82) is 0 Å². The van der Waals surface area contributed by atoms with Gasteiger partial charge < -0.3 is 14.9 Å². The molecule has 1 unspecified atom stereocenters.